The van der Waals surface area contributed by atoms with Gasteiger partial charge in [-0.15, -0.1) is 0 Å². The molecule has 0 saturated heterocycles. The van der Waals surface area contributed by atoms with Crippen LogP contribution in [0.2, 0.25) is 0 Å². The topological polar surface area (TPSA) is 39.7 Å². The number of methoxy groups -OCH3 is 1. The van der Waals surface area contributed by atoms with Crippen molar-refractivity contribution in [3.8, 4) is 11.5 Å². The summed E-state index contributed by atoms with van der Waals surface area (Å²) in [6.45, 7) is 8.93. The van der Waals surface area contributed by atoms with E-state index >= 15 is 0 Å². The predicted octanol–water partition coefficient (Wildman–Crippen LogP) is 2.78. The van der Waals surface area contributed by atoms with E-state index in [1.54, 1.807) is 7.11 Å². The van der Waals surface area contributed by atoms with Crippen LogP contribution < -0.4 is 14.8 Å². The molecule has 0 aliphatic rings. The average molecular weight is 267 g/mol. The monoisotopic (exact) mass is 267 g/mol. The fourth-order valence-corrected chi connectivity index (χ4v) is 2.02. The molecule has 108 valence electrons. The molecule has 0 amide bonds. The van der Waals surface area contributed by atoms with Crippen molar-refractivity contribution in [2.45, 2.75) is 26.8 Å². The van der Waals surface area contributed by atoms with E-state index in [9.17, 15) is 0 Å². The maximum atomic E-state index is 5.80. The zero-order valence-corrected chi connectivity index (χ0v) is 12.4. The summed E-state index contributed by atoms with van der Waals surface area (Å²) >= 11 is 0. The van der Waals surface area contributed by atoms with Gasteiger partial charge in [-0.3, -0.25) is 0 Å². The van der Waals surface area contributed by atoms with Gasteiger partial charge in [-0.05, 0) is 32.5 Å². The molecule has 19 heavy (non-hydrogen) atoms. The second-order valence-electron chi connectivity index (χ2n) is 4.20. The van der Waals surface area contributed by atoms with Gasteiger partial charge in [0.25, 0.3) is 0 Å². The van der Waals surface area contributed by atoms with Gasteiger partial charge in [0.2, 0.25) is 0 Å². The summed E-state index contributed by atoms with van der Waals surface area (Å²) in [6.07, 6.45) is 0. The number of ether oxygens (including phenoxy) is 3. The van der Waals surface area contributed by atoms with Crippen molar-refractivity contribution in [3.63, 3.8) is 0 Å². The van der Waals surface area contributed by atoms with E-state index in [-0.39, 0.29) is 6.04 Å². The van der Waals surface area contributed by atoms with Crippen molar-refractivity contribution in [2.75, 3.05) is 33.5 Å². The summed E-state index contributed by atoms with van der Waals surface area (Å²) in [4.78, 5) is 0. The summed E-state index contributed by atoms with van der Waals surface area (Å²) < 4.78 is 16.5. The molecule has 0 aromatic heterocycles. The van der Waals surface area contributed by atoms with Crippen LogP contribution in [0, 0.1) is 0 Å². The Morgan fingerprint density at radius 2 is 1.89 bits per heavy atom. The van der Waals surface area contributed by atoms with Crippen LogP contribution >= 0.6 is 0 Å². The molecule has 0 saturated carbocycles. The highest BCUT2D eigenvalue weighted by Gasteiger charge is 2.16. The van der Waals surface area contributed by atoms with E-state index in [0.29, 0.717) is 19.8 Å². The maximum absolute atomic E-state index is 5.80. The average Bonchev–Trinajstić information content (AvgIpc) is 2.43. The van der Waals surface area contributed by atoms with Gasteiger partial charge < -0.3 is 19.5 Å². The van der Waals surface area contributed by atoms with Gasteiger partial charge in [-0.25, -0.2) is 0 Å². The van der Waals surface area contributed by atoms with Gasteiger partial charge in [-0.2, -0.15) is 0 Å². The molecule has 4 heteroatoms. The minimum absolute atomic E-state index is 0.184. The standard InChI is InChI=1S/C15H25NO3/c1-5-16-12(3)15-13(17-4)8-7-9-14(15)19-11-10-18-6-2/h7-9,12,16H,5-6,10-11H2,1-4H3. The van der Waals surface area contributed by atoms with Gasteiger partial charge in [0.15, 0.2) is 0 Å². The van der Waals surface area contributed by atoms with E-state index in [1.807, 2.05) is 25.1 Å². The summed E-state index contributed by atoms with van der Waals surface area (Å²) in [5.74, 6) is 1.70. The number of hydrogen-bond donors (Lipinski definition) is 1. The van der Waals surface area contributed by atoms with Gasteiger partial charge in [0, 0.05) is 12.6 Å². The van der Waals surface area contributed by atoms with Crippen molar-refractivity contribution in [1.82, 2.24) is 5.32 Å². The molecule has 1 unspecified atom stereocenters. The number of rotatable bonds is 9. The van der Waals surface area contributed by atoms with Gasteiger partial charge >= 0.3 is 0 Å². The van der Waals surface area contributed by atoms with E-state index in [2.05, 4.69) is 19.2 Å². The van der Waals surface area contributed by atoms with Gasteiger partial charge in [0.1, 0.15) is 18.1 Å². The molecule has 0 radical (unpaired) electrons. The Morgan fingerprint density at radius 1 is 1.16 bits per heavy atom. The Bertz CT molecular complexity index is 368. The van der Waals surface area contributed by atoms with Crippen molar-refractivity contribution in [3.05, 3.63) is 23.8 Å². The Hall–Kier alpha value is -1.26. The lowest BCUT2D eigenvalue weighted by molar-refractivity contribution is 0.109. The predicted molar refractivity (Wildman–Crippen MR) is 77.1 cm³/mol. The molecular formula is C15H25NO3. The van der Waals surface area contributed by atoms with Crippen LogP contribution in [0.1, 0.15) is 32.4 Å². The molecule has 4 nitrogen and oxygen atoms in total. The van der Waals surface area contributed by atoms with Gasteiger partial charge in [0.05, 0.1) is 19.3 Å². The highest BCUT2D eigenvalue weighted by atomic mass is 16.5. The Kier molecular flexibility index (Phi) is 7.30. The largest absolute Gasteiger partial charge is 0.496 e. The third-order valence-corrected chi connectivity index (χ3v) is 2.88. The molecule has 0 fully saturated rings. The van der Waals surface area contributed by atoms with Crippen molar-refractivity contribution in [1.29, 1.82) is 0 Å². The minimum atomic E-state index is 0.184. The first-order valence-electron chi connectivity index (χ1n) is 6.85. The molecule has 0 spiro atoms. The fraction of sp³-hybridized carbons (Fsp3) is 0.600. The first kappa shape index (κ1) is 15.8. The molecule has 0 aliphatic carbocycles. The molecule has 1 aromatic carbocycles. The highest BCUT2D eigenvalue weighted by molar-refractivity contribution is 5.46. The maximum Gasteiger partial charge on any atom is 0.127 e. The summed E-state index contributed by atoms with van der Waals surface area (Å²) in [6, 6.07) is 6.05. The Morgan fingerprint density at radius 3 is 2.53 bits per heavy atom. The normalized spacial score (nSPS) is 12.2. The third kappa shape index (κ3) is 4.73. The van der Waals surface area contributed by atoms with E-state index in [4.69, 9.17) is 14.2 Å². The smallest absolute Gasteiger partial charge is 0.127 e. The molecule has 0 aliphatic heterocycles. The SMILES string of the molecule is CCNC(C)c1c(OC)cccc1OCCOCC. The van der Waals surface area contributed by atoms with Crippen LogP contribution in [0.25, 0.3) is 0 Å². The second kappa shape index (κ2) is 8.77. The van der Waals surface area contributed by atoms with Crippen molar-refractivity contribution >= 4 is 0 Å². The lowest BCUT2D eigenvalue weighted by atomic mass is 10.1. The third-order valence-electron chi connectivity index (χ3n) is 2.88. The number of nitrogens with one attached hydrogen (secondary N) is 1. The van der Waals surface area contributed by atoms with Crippen LogP contribution in [0.4, 0.5) is 0 Å². The Balaban J connectivity index is 2.82. The van der Waals surface area contributed by atoms with Crippen LogP contribution in [-0.2, 0) is 4.74 Å². The highest BCUT2D eigenvalue weighted by Crippen LogP contribution is 2.33. The summed E-state index contributed by atoms with van der Waals surface area (Å²) in [7, 11) is 1.68. The van der Waals surface area contributed by atoms with Crippen LogP contribution in [-0.4, -0.2) is 33.5 Å². The first-order chi connectivity index (χ1) is 9.24. The zero-order valence-electron chi connectivity index (χ0n) is 12.4. The molecule has 1 aromatic rings. The van der Waals surface area contributed by atoms with Gasteiger partial charge in [-0.1, -0.05) is 13.0 Å². The van der Waals surface area contributed by atoms with E-state index in [1.165, 1.54) is 0 Å². The fourth-order valence-electron chi connectivity index (χ4n) is 2.02. The quantitative estimate of drug-likeness (QED) is 0.698. The number of hydrogen-bond acceptors (Lipinski definition) is 4. The lowest BCUT2D eigenvalue weighted by Gasteiger charge is -2.20. The molecule has 1 rings (SSSR count). The first-order valence-corrected chi connectivity index (χ1v) is 6.85. The van der Waals surface area contributed by atoms with Crippen LogP contribution in [0.3, 0.4) is 0 Å². The van der Waals surface area contributed by atoms with E-state index in [0.717, 1.165) is 23.6 Å². The molecule has 0 bridgehead atoms. The second-order valence-corrected chi connectivity index (χ2v) is 4.20. The lowest BCUT2D eigenvalue weighted by Crippen LogP contribution is -2.19. The molecule has 1 atom stereocenters. The number of benzene rings is 1. The molecular weight excluding hydrogens is 242 g/mol. The summed E-state index contributed by atoms with van der Waals surface area (Å²) in [5.41, 5.74) is 1.06. The summed E-state index contributed by atoms with van der Waals surface area (Å²) in [5, 5.41) is 3.39. The zero-order chi connectivity index (χ0) is 14.1. The molecule has 1 N–H and O–H groups in total. The minimum Gasteiger partial charge on any atom is -0.496 e. The van der Waals surface area contributed by atoms with E-state index < -0.39 is 0 Å². The van der Waals surface area contributed by atoms with Crippen molar-refractivity contribution < 1.29 is 14.2 Å². The Labute approximate surface area is 116 Å². The van der Waals surface area contributed by atoms with Crippen molar-refractivity contribution in [2.24, 2.45) is 0 Å². The molecule has 0 heterocycles. The van der Waals surface area contributed by atoms with Crippen LogP contribution in [0.5, 0.6) is 11.5 Å². The van der Waals surface area contributed by atoms with Crippen LogP contribution in [0.15, 0.2) is 18.2 Å².